The Kier molecular flexibility index (Phi) is 8.42. The van der Waals surface area contributed by atoms with Crippen molar-refractivity contribution in [1.29, 1.82) is 0 Å². The number of halogens is 1. The van der Waals surface area contributed by atoms with Gasteiger partial charge in [-0.3, -0.25) is 0 Å². The first kappa shape index (κ1) is 20.6. The first-order chi connectivity index (χ1) is 13.3. The van der Waals surface area contributed by atoms with Crippen LogP contribution in [-0.4, -0.2) is 0 Å². The van der Waals surface area contributed by atoms with Gasteiger partial charge in [-0.05, 0) is 79.7 Å². The second-order valence-electron chi connectivity index (χ2n) is 9.22. The van der Waals surface area contributed by atoms with Crippen LogP contribution in [0.1, 0.15) is 101 Å². The van der Waals surface area contributed by atoms with Gasteiger partial charge in [-0.2, -0.15) is 0 Å². The van der Waals surface area contributed by atoms with Crippen molar-refractivity contribution in [3.63, 3.8) is 0 Å². The fourth-order valence-electron chi connectivity index (χ4n) is 5.49. The van der Waals surface area contributed by atoms with Crippen molar-refractivity contribution in [2.75, 3.05) is 0 Å². The third-order valence-electron chi connectivity index (χ3n) is 7.49. The highest BCUT2D eigenvalue weighted by Crippen LogP contribution is 2.40. The zero-order valence-corrected chi connectivity index (χ0v) is 17.3. The molecular formula is C26H39F. The van der Waals surface area contributed by atoms with E-state index in [1.54, 1.807) is 11.6 Å². The van der Waals surface area contributed by atoms with Crippen molar-refractivity contribution in [3.8, 4) is 0 Å². The van der Waals surface area contributed by atoms with E-state index in [1.165, 1.54) is 76.2 Å². The predicted octanol–water partition coefficient (Wildman–Crippen LogP) is 8.37. The maximum absolute atomic E-state index is 12.1. The highest BCUT2D eigenvalue weighted by Gasteiger charge is 2.25. The van der Waals surface area contributed by atoms with Gasteiger partial charge in [0.25, 0.3) is 0 Å². The maximum Gasteiger partial charge on any atom is 0.0827 e. The molecular weight excluding hydrogens is 331 g/mol. The van der Waals surface area contributed by atoms with E-state index in [9.17, 15) is 4.39 Å². The summed E-state index contributed by atoms with van der Waals surface area (Å²) >= 11 is 0. The summed E-state index contributed by atoms with van der Waals surface area (Å²) in [5.74, 6) is 3.61. The molecule has 2 saturated carbocycles. The molecule has 1 aromatic rings. The molecule has 0 aromatic heterocycles. The second kappa shape index (κ2) is 11.0. The number of allylic oxidation sites excluding steroid dienone is 1. The van der Waals surface area contributed by atoms with E-state index in [2.05, 4.69) is 31.2 Å². The SMILES string of the molecule is CCc1ccc(C2CCC(CCC3CCC(CC/C=C/F)CC3)CC2)cc1. The summed E-state index contributed by atoms with van der Waals surface area (Å²) in [6, 6.07) is 9.41. The average Bonchev–Trinajstić information content (AvgIpc) is 2.74. The minimum absolute atomic E-state index is 0.709. The summed E-state index contributed by atoms with van der Waals surface area (Å²) in [6.45, 7) is 2.23. The number of rotatable bonds is 8. The van der Waals surface area contributed by atoms with Gasteiger partial charge in [0.1, 0.15) is 0 Å². The van der Waals surface area contributed by atoms with E-state index in [4.69, 9.17) is 0 Å². The quantitative estimate of drug-likeness (QED) is 0.431. The smallest absolute Gasteiger partial charge is 0.0827 e. The van der Waals surface area contributed by atoms with Gasteiger partial charge in [-0.1, -0.05) is 75.8 Å². The van der Waals surface area contributed by atoms with Crippen LogP contribution in [0.25, 0.3) is 0 Å². The van der Waals surface area contributed by atoms with Gasteiger partial charge in [0.2, 0.25) is 0 Å². The molecule has 0 spiro atoms. The molecule has 0 saturated heterocycles. The fourth-order valence-corrected chi connectivity index (χ4v) is 5.49. The lowest BCUT2D eigenvalue weighted by atomic mass is 9.74. The van der Waals surface area contributed by atoms with E-state index >= 15 is 0 Å². The normalized spacial score (nSPS) is 29.3. The number of aryl methyl sites for hydroxylation is 1. The lowest BCUT2D eigenvalue weighted by molar-refractivity contribution is 0.225. The van der Waals surface area contributed by atoms with Crippen LogP contribution in [0.4, 0.5) is 4.39 Å². The number of hydrogen-bond donors (Lipinski definition) is 0. The van der Waals surface area contributed by atoms with Gasteiger partial charge < -0.3 is 0 Å². The summed E-state index contributed by atoms with van der Waals surface area (Å²) in [4.78, 5) is 0. The Morgan fingerprint density at radius 3 is 1.81 bits per heavy atom. The van der Waals surface area contributed by atoms with E-state index in [0.717, 1.165) is 36.5 Å². The molecule has 0 unspecified atom stereocenters. The molecule has 0 radical (unpaired) electrons. The zero-order chi connectivity index (χ0) is 18.9. The molecule has 0 nitrogen and oxygen atoms in total. The third-order valence-corrected chi connectivity index (χ3v) is 7.49. The Balaban J connectivity index is 1.32. The molecule has 3 rings (SSSR count). The maximum atomic E-state index is 12.1. The molecule has 1 aromatic carbocycles. The molecule has 2 fully saturated rings. The Morgan fingerprint density at radius 1 is 0.778 bits per heavy atom. The van der Waals surface area contributed by atoms with E-state index in [-0.39, 0.29) is 0 Å². The van der Waals surface area contributed by atoms with E-state index in [0.29, 0.717) is 6.33 Å². The van der Waals surface area contributed by atoms with Crippen LogP contribution in [-0.2, 0) is 6.42 Å². The van der Waals surface area contributed by atoms with Gasteiger partial charge in [0, 0.05) is 0 Å². The van der Waals surface area contributed by atoms with Crippen molar-refractivity contribution >= 4 is 0 Å². The second-order valence-corrected chi connectivity index (χ2v) is 9.22. The highest BCUT2D eigenvalue weighted by molar-refractivity contribution is 5.25. The third kappa shape index (κ3) is 6.47. The van der Waals surface area contributed by atoms with Gasteiger partial charge >= 0.3 is 0 Å². The molecule has 150 valence electrons. The molecule has 0 N–H and O–H groups in total. The Labute approximate surface area is 166 Å². The molecule has 0 heterocycles. The number of benzene rings is 1. The lowest BCUT2D eigenvalue weighted by Crippen LogP contribution is -2.17. The molecule has 27 heavy (non-hydrogen) atoms. The number of hydrogen-bond acceptors (Lipinski definition) is 0. The first-order valence-electron chi connectivity index (χ1n) is 11.6. The van der Waals surface area contributed by atoms with Crippen LogP contribution in [0.2, 0.25) is 0 Å². The zero-order valence-electron chi connectivity index (χ0n) is 17.3. The van der Waals surface area contributed by atoms with Crippen molar-refractivity contribution in [1.82, 2.24) is 0 Å². The van der Waals surface area contributed by atoms with E-state index < -0.39 is 0 Å². The molecule has 0 amide bonds. The van der Waals surface area contributed by atoms with Crippen LogP contribution in [0.5, 0.6) is 0 Å². The fraction of sp³-hybridized carbons (Fsp3) is 0.692. The predicted molar refractivity (Wildman–Crippen MR) is 115 cm³/mol. The molecule has 0 aliphatic heterocycles. The van der Waals surface area contributed by atoms with E-state index in [1.807, 2.05) is 0 Å². The summed E-state index contributed by atoms with van der Waals surface area (Å²) in [5, 5.41) is 0. The van der Waals surface area contributed by atoms with Crippen molar-refractivity contribution in [2.45, 2.75) is 96.3 Å². The summed E-state index contributed by atoms with van der Waals surface area (Å²) in [5.41, 5.74) is 3.03. The monoisotopic (exact) mass is 370 g/mol. The van der Waals surface area contributed by atoms with Gasteiger partial charge in [-0.25, -0.2) is 4.39 Å². The minimum atomic E-state index is 0.709. The molecule has 0 bridgehead atoms. The summed E-state index contributed by atoms with van der Waals surface area (Å²) in [7, 11) is 0. The Hall–Kier alpha value is -1.11. The highest BCUT2D eigenvalue weighted by atomic mass is 19.1. The summed E-state index contributed by atoms with van der Waals surface area (Å²) < 4.78 is 12.1. The van der Waals surface area contributed by atoms with Crippen LogP contribution in [0.3, 0.4) is 0 Å². The van der Waals surface area contributed by atoms with Crippen LogP contribution >= 0.6 is 0 Å². The van der Waals surface area contributed by atoms with Crippen LogP contribution in [0.15, 0.2) is 36.7 Å². The van der Waals surface area contributed by atoms with Crippen molar-refractivity contribution in [2.24, 2.45) is 17.8 Å². The summed E-state index contributed by atoms with van der Waals surface area (Å²) in [6.07, 6.45) is 19.8. The van der Waals surface area contributed by atoms with Crippen molar-refractivity contribution in [3.05, 3.63) is 47.8 Å². The topological polar surface area (TPSA) is 0 Å². The molecule has 2 aliphatic rings. The van der Waals surface area contributed by atoms with Crippen LogP contribution in [0, 0.1) is 17.8 Å². The average molecular weight is 371 g/mol. The molecule has 1 heteroatoms. The lowest BCUT2D eigenvalue weighted by Gasteiger charge is -2.32. The van der Waals surface area contributed by atoms with Gasteiger partial charge in [0.15, 0.2) is 0 Å². The Morgan fingerprint density at radius 2 is 1.30 bits per heavy atom. The molecule has 2 aliphatic carbocycles. The van der Waals surface area contributed by atoms with Gasteiger partial charge in [-0.15, -0.1) is 0 Å². The Bertz CT molecular complexity index is 542. The van der Waals surface area contributed by atoms with Gasteiger partial charge in [0.05, 0.1) is 6.33 Å². The standard InChI is InChI=1S/C26H39F/c1-2-21-12-16-25(17-13-21)26-18-14-24(15-19-26)11-10-23-8-6-22(7-9-23)5-3-4-20-27/h4,12-13,16-17,20,22-24,26H,2-3,5-11,14-15,18-19H2,1H3/b20-4+. The molecule has 0 atom stereocenters. The van der Waals surface area contributed by atoms with Crippen molar-refractivity contribution < 1.29 is 4.39 Å². The van der Waals surface area contributed by atoms with Crippen LogP contribution < -0.4 is 0 Å². The largest absolute Gasteiger partial charge is 0.216 e. The first-order valence-corrected chi connectivity index (χ1v) is 11.6. The minimum Gasteiger partial charge on any atom is -0.216 e.